The fraction of sp³-hybridized carbons (Fsp3) is 0.533. The lowest BCUT2D eigenvalue weighted by Gasteiger charge is -2.25. The van der Waals surface area contributed by atoms with Gasteiger partial charge in [-0.1, -0.05) is 12.1 Å². The Morgan fingerprint density at radius 2 is 2.17 bits per heavy atom. The summed E-state index contributed by atoms with van der Waals surface area (Å²) in [6.07, 6.45) is 2.77. The maximum absolute atomic E-state index is 7.44. The van der Waals surface area contributed by atoms with Gasteiger partial charge in [-0.2, -0.15) is 0 Å². The van der Waals surface area contributed by atoms with E-state index >= 15 is 0 Å². The average Bonchev–Trinajstić information content (AvgIpc) is 3.14. The van der Waals surface area contributed by atoms with Gasteiger partial charge in [0, 0.05) is 18.2 Å². The van der Waals surface area contributed by atoms with Gasteiger partial charge in [-0.05, 0) is 56.8 Å². The molecule has 1 aliphatic carbocycles. The van der Waals surface area contributed by atoms with E-state index in [4.69, 9.17) is 11.1 Å². The summed E-state index contributed by atoms with van der Waals surface area (Å²) >= 11 is 0. The molecule has 1 fully saturated rings. The summed E-state index contributed by atoms with van der Waals surface area (Å²) < 4.78 is 0. The minimum absolute atomic E-state index is 0.143. The summed E-state index contributed by atoms with van der Waals surface area (Å²) in [5.74, 6) is 1.04. The first-order valence-electron chi connectivity index (χ1n) is 6.63. The molecule has 2 rings (SSSR count). The number of nitrogens with two attached hydrogens (primary N) is 1. The molecule has 0 aromatic heterocycles. The van der Waals surface area contributed by atoms with Gasteiger partial charge in [0.1, 0.15) is 5.84 Å². The molecule has 1 aromatic rings. The zero-order valence-corrected chi connectivity index (χ0v) is 11.5. The van der Waals surface area contributed by atoms with E-state index in [0.717, 1.165) is 18.0 Å². The minimum atomic E-state index is 0.143. The molecular weight excluding hydrogens is 222 g/mol. The highest BCUT2D eigenvalue weighted by Crippen LogP contribution is 2.35. The number of nitrogens with zero attached hydrogens (tertiary/aromatic N) is 1. The highest BCUT2D eigenvalue weighted by molar-refractivity contribution is 5.95. The van der Waals surface area contributed by atoms with Crippen molar-refractivity contribution in [3.63, 3.8) is 0 Å². The molecule has 3 N–H and O–H groups in total. The fourth-order valence-corrected chi connectivity index (χ4v) is 2.39. The van der Waals surface area contributed by atoms with Crippen LogP contribution in [0.2, 0.25) is 0 Å². The smallest absolute Gasteiger partial charge is 0.122 e. The van der Waals surface area contributed by atoms with Crippen LogP contribution in [0.5, 0.6) is 0 Å². The molecule has 98 valence electrons. The lowest BCUT2D eigenvalue weighted by molar-refractivity contribution is 0.226. The standard InChI is InChI=1S/C15H23N3/c1-10-8-13(15(16)17)6-7-14(10)9-18(3)11(2)12-4-5-12/h6-8,11-12H,4-5,9H2,1-3H3,(H3,16,17). The Hall–Kier alpha value is -1.35. The van der Waals surface area contributed by atoms with Gasteiger partial charge in [0.15, 0.2) is 0 Å². The monoisotopic (exact) mass is 245 g/mol. The van der Waals surface area contributed by atoms with Crippen molar-refractivity contribution in [3.05, 3.63) is 34.9 Å². The first-order chi connectivity index (χ1) is 8.49. The van der Waals surface area contributed by atoms with E-state index in [1.54, 1.807) is 0 Å². The molecule has 0 aliphatic heterocycles. The van der Waals surface area contributed by atoms with Crippen molar-refractivity contribution in [1.29, 1.82) is 5.41 Å². The number of amidine groups is 1. The summed E-state index contributed by atoms with van der Waals surface area (Å²) in [5, 5.41) is 7.44. The summed E-state index contributed by atoms with van der Waals surface area (Å²) in [7, 11) is 2.20. The van der Waals surface area contributed by atoms with Gasteiger partial charge in [0.2, 0.25) is 0 Å². The Balaban J connectivity index is 2.06. The molecule has 18 heavy (non-hydrogen) atoms. The van der Waals surface area contributed by atoms with Crippen molar-refractivity contribution in [1.82, 2.24) is 4.90 Å². The lowest BCUT2D eigenvalue weighted by Crippen LogP contribution is -2.30. The second-order valence-electron chi connectivity index (χ2n) is 5.55. The van der Waals surface area contributed by atoms with E-state index in [9.17, 15) is 0 Å². The number of aryl methyl sites for hydroxylation is 1. The maximum atomic E-state index is 7.44. The van der Waals surface area contributed by atoms with Crippen LogP contribution in [0.3, 0.4) is 0 Å². The van der Waals surface area contributed by atoms with Crippen LogP contribution in [-0.2, 0) is 6.54 Å². The van der Waals surface area contributed by atoms with Crippen LogP contribution in [0.25, 0.3) is 0 Å². The number of benzene rings is 1. The van der Waals surface area contributed by atoms with Crippen LogP contribution in [0.15, 0.2) is 18.2 Å². The van der Waals surface area contributed by atoms with Gasteiger partial charge in [0.05, 0.1) is 0 Å². The van der Waals surface area contributed by atoms with Crippen molar-refractivity contribution in [3.8, 4) is 0 Å². The predicted octanol–water partition coefficient (Wildman–Crippen LogP) is 2.51. The molecule has 1 saturated carbocycles. The van der Waals surface area contributed by atoms with E-state index in [-0.39, 0.29) is 5.84 Å². The van der Waals surface area contributed by atoms with Gasteiger partial charge >= 0.3 is 0 Å². The molecule has 1 aromatic carbocycles. The van der Waals surface area contributed by atoms with Crippen LogP contribution in [0.1, 0.15) is 36.5 Å². The third-order valence-electron chi connectivity index (χ3n) is 4.07. The van der Waals surface area contributed by atoms with Gasteiger partial charge in [-0.25, -0.2) is 0 Å². The SMILES string of the molecule is Cc1cc(C(=N)N)ccc1CN(C)C(C)C1CC1. The van der Waals surface area contributed by atoms with Crippen LogP contribution in [-0.4, -0.2) is 23.8 Å². The normalized spacial score (nSPS) is 16.9. The number of nitrogen functional groups attached to an aromatic ring is 1. The van der Waals surface area contributed by atoms with Crippen LogP contribution >= 0.6 is 0 Å². The van der Waals surface area contributed by atoms with E-state index in [1.165, 1.54) is 24.0 Å². The predicted molar refractivity (Wildman–Crippen MR) is 75.8 cm³/mol. The minimum Gasteiger partial charge on any atom is -0.384 e. The molecule has 3 heteroatoms. The summed E-state index contributed by atoms with van der Waals surface area (Å²) in [6, 6.07) is 6.72. The largest absolute Gasteiger partial charge is 0.384 e. The van der Waals surface area contributed by atoms with Crippen LogP contribution < -0.4 is 5.73 Å². The number of nitrogens with one attached hydrogen (secondary N) is 1. The Morgan fingerprint density at radius 1 is 1.50 bits per heavy atom. The first-order valence-corrected chi connectivity index (χ1v) is 6.63. The van der Waals surface area contributed by atoms with E-state index in [2.05, 4.69) is 31.9 Å². The molecular formula is C15H23N3. The Kier molecular flexibility index (Phi) is 3.71. The second kappa shape index (κ2) is 5.11. The molecule has 0 radical (unpaired) electrons. The van der Waals surface area contributed by atoms with Gasteiger partial charge in [-0.3, -0.25) is 10.3 Å². The molecule has 0 spiro atoms. The third-order valence-corrected chi connectivity index (χ3v) is 4.07. The molecule has 1 atom stereocenters. The van der Waals surface area contributed by atoms with Crippen molar-refractivity contribution >= 4 is 5.84 Å². The summed E-state index contributed by atoms with van der Waals surface area (Å²) in [4.78, 5) is 2.42. The average molecular weight is 245 g/mol. The van der Waals surface area contributed by atoms with Crippen LogP contribution in [0.4, 0.5) is 0 Å². The van der Waals surface area contributed by atoms with Gasteiger partial charge < -0.3 is 5.73 Å². The zero-order valence-electron chi connectivity index (χ0n) is 11.5. The van der Waals surface area contributed by atoms with Crippen molar-refractivity contribution in [2.45, 2.75) is 39.3 Å². The third kappa shape index (κ3) is 2.91. The molecule has 3 nitrogen and oxygen atoms in total. The highest BCUT2D eigenvalue weighted by Gasteiger charge is 2.30. The fourth-order valence-electron chi connectivity index (χ4n) is 2.39. The molecule has 0 amide bonds. The highest BCUT2D eigenvalue weighted by atomic mass is 15.1. The Labute approximate surface area is 109 Å². The second-order valence-corrected chi connectivity index (χ2v) is 5.55. The molecule has 0 heterocycles. The molecule has 0 saturated heterocycles. The summed E-state index contributed by atoms with van der Waals surface area (Å²) in [5.41, 5.74) is 8.87. The maximum Gasteiger partial charge on any atom is 0.122 e. The lowest BCUT2D eigenvalue weighted by atomic mass is 10.0. The molecule has 1 unspecified atom stereocenters. The first kappa shape index (κ1) is 13.1. The number of hydrogen-bond donors (Lipinski definition) is 2. The van der Waals surface area contributed by atoms with Crippen molar-refractivity contribution < 1.29 is 0 Å². The molecule has 1 aliphatic rings. The Bertz CT molecular complexity index is 449. The van der Waals surface area contributed by atoms with Gasteiger partial charge in [-0.15, -0.1) is 0 Å². The van der Waals surface area contributed by atoms with Crippen LogP contribution in [0, 0.1) is 18.3 Å². The topological polar surface area (TPSA) is 53.1 Å². The quantitative estimate of drug-likeness (QED) is 0.618. The number of hydrogen-bond acceptors (Lipinski definition) is 2. The van der Waals surface area contributed by atoms with E-state index < -0.39 is 0 Å². The van der Waals surface area contributed by atoms with Crippen molar-refractivity contribution in [2.75, 3.05) is 7.05 Å². The van der Waals surface area contributed by atoms with E-state index in [0.29, 0.717) is 6.04 Å². The molecule has 0 bridgehead atoms. The zero-order chi connectivity index (χ0) is 13.3. The summed E-state index contributed by atoms with van der Waals surface area (Å²) in [6.45, 7) is 5.38. The van der Waals surface area contributed by atoms with E-state index in [1.807, 2.05) is 12.1 Å². The van der Waals surface area contributed by atoms with Crippen molar-refractivity contribution in [2.24, 2.45) is 11.7 Å². The Morgan fingerprint density at radius 3 is 2.67 bits per heavy atom. The van der Waals surface area contributed by atoms with Gasteiger partial charge in [0.25, 0.3) is 0 Å². The number of rotatable bonds is 5.